The molecular formula is C23H28N2O8S. The van der Waals surface area contributed by atoms with Crippen LogP contribution >= 0.6 is 0 Å². The molecule has 11 heteroatoms. The van der Waals surface area contributed by atoms with Gasteiger partial charge in [-0.3, -0.25) is 4.57 Å². The lowest BCUT2D eigenvalue weighted by atomic mass is 10.1. The molecule has 184 valence electrons. The predicted octanol–water partition coefficient (Wildman–Crippen LogP) is 2.62. The maximum atomic E-state index is 13.8. The number of ether oxygens (including phenoxy) is 4. The lowest BCUT2D eigenvalue weighted by Gasteiger charge is -2.25. The summed E-state index contributed by atoms with van der Waals surface area (Å²) in [6, 6.07) is 8.52. The van der Waals surface area contributed by atoms with Crippen LogP contribution in [0.25, 0.3) is 11.0 Å². The maximum absolute atomic E-state index is 13.8. The van der Waals surface area contributed by atoms with Crippen molar-refractivity contribution < 1.29 is 32.2 Å². The average Bonchev–Trinajstić information content (AvgIpc) is 3.10. The van der Waals surface area contributed by atoms with Crippen molar-refractivity contribution in [3.63, 3.8) is 0 Å². The molecule has 2 aromatic carbocycles. The third-order valence-electron chi connectivity index (χ3n) is 5.29. The number of hydrogen-bond donors (Lipinski definition) is 0. The van der Waals surface area contributed by atoms with Crippen molar-refractivity contribution >= 4 is 27.0 Å². The molecule has 0 amide bonds. The first-order valence-electron chi connectivity index (χ1n) is 10.4. The van der Waals surface area contributed by atoms with E-state index in [4.69, 9.17) is 18.9 Å². The van der Waals surface area contributed by atoms with E-state index in [1.165, 1.54) is 50.2 Å². The molecule has 0 saturated heterocycles. The fourth-order valence-electron chi connectivity index (χ4n) is 3.87. The summed E-state index contributed by atoms with van der Waals surface area (Å²) in [4.78, 5) is 25.3. The Kier molecular flexibility index (Phi) is 7.08. The molecule has 10 nitrogen and oxygen atoms in total. The van der Waals surface area contributed by atoms with Gasteiger partial charge in [0.25, 0.3) is 10.0 Å². The maximum Gasteiger partial charge on any atom is 0.343 e. The minimum Gasteiger partial charge on any atom is -0.495 e. The van der Waals surface area contributed by atoms with Gasteiger partial charge >= 0.3 is 11.7 Å². The first kappa shape index (κ1) is 25.3. The molecule has 0 N–H and O–H groups in total. The lowest BCUT2D eigenvalue weighted by Crippen LogP contribution is -2.41. The van der Waals surface area contributed by atoms with Crippen LogP contribution in [-0.2, 0) is 25.0 Å². The number of carbonyl (C=O) groups is 1. The molecule has 0 fully saturated rings. The van der Waals surface area contributed by atoms with Crippen LogP contribution in [0.4, 0.5) is 0 Å². The lowest BCUT2D eigenvalue weighted by molar-refractivity contribution is 0.0600. The van der Waals surface area contributed by atoms with Crippen LogP contribution in [0.5, 0.6) is 11.5 Å². The Hall–Kier alpha value is -3.31. The van der Waals surface area contributed by atoms with Gasteiger partial charge in [0.15, 0.2) is 0 Å². The standard InChI is InChI=1S/C23H28N2O8S/c1-7-33-16-9-10-17-18(13-16)24(23(2,3)14-30-4)22(27)25(17)34(28,29)20-11-8-15(21(26)32-6)12-19(20)31-5/h8-13H,7,14H2,1-6H3. The molecule has 0 bridgehead atoms. The zero-order valence-electron chi connectivity index (χ0n) is 19.9. The van der Waals surface area contributed by atoms with Gasteiger partial charge in [0.1, 0.15) is 16.4 Å². The number of carbonyl (C=O) groups excluding carboxylic acids is 1. The van der Waals surface area contributed by atoms with Gasteiger partial charge in [-0.25, -0.2) is 18.0 Å². The van der Waals surface area contributed by atoms with E-state index in [2.05, 4.69) is 0 Å². The normalized spacial score (nSPS) is 12.1. The molecule has 0 radical (unpaired) electrons. The Balaban J connectivity index is 2.36. The third kappa shape index (κ3) is 4.28. The van der Waals surface area contributed by atoms with Crippen LogP contribution in [0.15, 0.2) is 46.1 Å². The topological polar surface area (TPSA) is 115 Å². The van der Waals surface area contributed by atoms with Crippen molar-refractivity contribution in [3.05, 3.63) is 52.4 Å². The number of hydrogen-bond acceptors (Lipinski definition) is 8. The zero-order valence-corrected chi connectivity index (χ0v) is 20.8. The minimum absolute atomic E-state index is 0.0993. The summed E-state index contributed by atoms with van der Waals surface area (Å²) in [6.45, 7) is 5.93. The molecule has 0 unspecified atom stereocenters. The number of rotatable bonds is 9. The Labute approximate surface area is 197 Å². The summed E-state index contributed by atoms with van der Waals surface area (Å²) in [5.74, 6) is -0.259. The summed E-state index contributed by atoms with van der Waals surface area (Å²) >= 11 is 0. The number of imidazole rings is 1. The van der Waals surface area contributed by atoms with E-state index in [-0.39, 0.29) is 28.3 Å². The molecule has 1 aromatic heterocycles. The number of methoxy groups -OCH3 is 3. The third-order valence-corrected chi connectivity index (χ3v) is 7.02. The highest BCUT2D eigenvalue weighted by molar-refractivity contribution is 7.90. The van der Waals surface area contributed by atoms with Crippen molar-refractivity contribution in [1.29, 1.82) is 0 Å². The highest BCUT2D eigenvalue weighted by Gasteiger charge is 2.33. The molecule has 34 heavy (non-hydrogen) atoms. The summed E-state index contributed by atoms with van der Waals surface area (Å²) in [7, 11) is -0.451. The monoisotopic (exact) mass is 492 g/mol. The molecule has 0 atom stereocenters. The second kappa shape index (κ2) is 9.51. The second-order valence-electron chi connectivity index (χ2n) is 8.07. The zero-order chi connectivity index (χ0) is 25.3. The fraction of sp³-hybridized carbons (Fsp3) is 0.391. The predicted molar refractivity (Wildman–Crippen MR) is 125 cm³/mol. The van der Waals surface area contributed by atoms with E-state index < -0.39 is 27.2 Å². The smallest absolute Gasteiger partial charge is 0.343 e. The van der Waals surface area contributed by atoms with Crippen LogP contribution < -0.4 is 15.2 Å². The van der Waals surface area contributed by atoms with Crippen molar-refractivity contribution in [1.82, 2.24) is 8.54 Å². The first-order chi connectivity index (χ1) is 16.0. The number of fused-ring (bicyclic) bond motifs is 1. The van der Waals surface area contributed by atoms with Crippen molar-refractivity contribution in [2.45, 2.75) is 31.2 Å². The van der Waals surface area contributed by atoms with Crippen LogP contribution in [0.1, 0.15) is 31.1 Å². The Morgan fingerprint density at radius 1 is 1.03 bits per heavy atom. The van der Waals surface area contributed by atoms with E-state index >= 15 is 0 Å². The van der Waals surface area contributed by atoms with Gasteiger partial charge in [0, 0.05) is 13.2 Å². The largest absolute Gasteiger partial charge is 0.495 e. The van der Waals surface area contributed by atoms with Crippen LogP contribution in [-0.4, -0.2) is 57.5 Å². The highest BCUT2D eigenvalue weighted by atomic mass is 32.2. The van der Waals surface area contributed by atoms with Crippen molar-refractivity contribution in [2.75, 3.05) is 34.5 Å². The molecular weight excluding hydrogens is 464 g/mol. The highest BCUT2D eigenvalue weighted by Crippen LogP contribution is 2.31. The first-order valence-corrected chi connectivity index (χ1v) is 11.9. The molecule has 0 aliphatic carbocycles. The minimum atomic E-state index is -4.44. The van der Waals surface area contributed by atoms with Gasteiger partial charge in [0.2, 0.25) is 0 Å². The quantitative estimate of drug-likeness (QED) is 0.419. The molecule has 3 rings (SSSR count). The molecule has 0 aliphatic heterocycles. The van der Waals surface area contributed by atoms with E-state index in [0.29, 0.717) is 17.9 Å². The number of aromatic nitrogens is 2. The van der Waals surface area contributed by atoms with Crippen LogP contribution in [0.3, 0.4) is 0 Å². The second-order valence-corrected chi connectivity index (χ2v) is 9.83. The van der Waals surface area contributed by atoms with Crippen molar-refractivity contribution in [2.24, 2.45) is 0 Å². The van der Waals surface area contributed by atoms with Gasteiger partial charge in [-0.1, -0.05) is 0 Å². The van der Waals surface area contributed by atoms with Gasteiger partial charge in [0.05, 0.1) is 49.6 Å². The van der Waals surface area contributed by atoms with Gasteiger partial charge in [-0.15, -0.1) is 0 Å². The summed E-state index contributed by atoms with van der Waals surface area (Å²) in [6.07, 6.45) is 0. The molecule has 0 saturated carbocycles. The molecule has 1 heterocycles. The van der Waals surface area contributed by atoms with E-state index in [9.17, 15) is 18.0 Å². The van der Waals surface area contributed by atoms with Crippen molar-refractivity contribution in [3.8, 4) is 11.5 Å². The van der Waals surface area contributed by atoms with Crippen LogP contribution in [0.2, 0.25) is 0 Å². The Morgan fingerprint density at radius 2 is 1.74 bits per heavy atom. The van der Waals surface area contributed by atoms with Gasteiger partial charge in [-0.2, -0.15) is 3.97 Å². The van der Waals surface area contributed by atoms with Gasteiger partial charge in [-0.05, 0) is 51.1 Å². The van der Waals surface area contributed by atoms with E-state index in [0.717, 1.165) is 3.97 Å². The summed E-state index contributed by atoms with van der Waals surface area (Å²) in [5, 5.41) is 0. The molecule has 0 aliphatic rings. The van der Waals surface area contributed by atoms with E-state index in [1.807, 2.05) is 6.92 Å². The number of benzene rings is 2. The molecule has 3 aromatic rings. The van der Waals surface area contributed by atoms with Crippen LogP contribution in [0, 0.1) is 0 Å². The fourth-order valence-corrected chi connectivity index (χ4v) is 5.40. The average molecular weight is 493 g/mol. The van der Waals surface area contributed by atoms with E-state index in [1.54, 1.807) is 26.0 Å². The number of esters is 1. The SMILES string of the molecule is CCOc1ccc2c(c1)n(C(C)(C)COC)c(=O)n2S(=O)(=O)c1ccc(C(=O)OC)cc1OC. The summed E-state index contributed by atoms with van der Waals surface area (Å²) in [5.41, 5.74) is -1.02. The summed E-state index contributed by atoms with van der Waals surface area (Å²) < 4.78 is 50.5. The number of nitrogens with zero attached hydrogens (tertiary/aromatic N) is 2. The molecule has 0 spiro atoms. The van der Waals surface area contributed by atoms with Gasteiger partial charge < -0.3 is 18.9 Å². The Bertz CT molecular complexity index is 1390. The Morgan fingerprint density at radius 3 is 2.32 bits per heavy atom.